The van der Waals surface area contributed by atoms with Crippen LogP contribution in [0.15, 0.2) is 30.3 Å². The number of hydrogen-bond donors (Lipinski definition) is 0. The maximum absolute atomic E-state index is 12.5. The van der Waals surface area contributed by atoms with E-state index in [-0.39, 0.29) is 30.6 Å². The molecule has 1 unspecified atom stereocenters. The third-order valence-electron chi connectivity index (χ3n) is 5.84. The zero-order chi connectivity index (χ0) is 20.9. The Kier molecular flexibility index (Phi) is 10.7. The summed E-state index contributed by atoms with van der Waals surface area (Å²) in [6.07, 6.45) is 14.0. The number of likely N-dealkylation sites (tertiary alicyclic amines) is 1. The number of amides is 2. The van der Waals surface area contributed by atoms with Crippen LogP contribution < -0.4 is 0 Å². The van der Waals surface area contributed by atoms with Crippen molar-refractivity contribution in [3.8, 4) is 0 Å². The van der Waals surface area contributed by atoms with Crippen molar-refractivity contribution in [3.05, 3.63) is 35.9 Å². The Bertz CT molecular complexity index is 641. The molecule has 1 aromatic carbocycles. The number of benzene rings is 1. The minimum Gasteiger partial charge on any atom is -0.299 e. The number of unbranched alkanes of at least 4 members (excludes halogenated alkanes) is 10. The Morgan fingerprint density at radius 1 is 0.862 bits per heavy atom. The average molecular weight is 400 g/mol. The Morgan fingerprint density at radius 2 is 1.41 bits per heavy atom. The molecule has 0 N–H and O–H groups in total. The third kappa shape index (κ3) is 8.12. The van der Waals surface area contributed by atoms with Gasteiger partial charge in [-0.25, -0.2) is 0 Å². The summed E-state index contributed by atoms with van der Waals surface area (Å²) in [7, 11) is 0. The Morgan fingerprint density at radius 3 is 2.00 bits per heavy atom. The molecule has 1 atom stereocenters. The summed E-state index contributed by atoms with van der Waals surface area (Å²) in [5.41, 5.74) is 0.910. The fraction of sp³-hybridized carbons (Fsp3) is 0.640. The van der Waals surface area contributed by atoms with E-state index in [4.69, 9.17) is 0 Å². The van der Waals surface area contributed by atoms with Gasteiger partial charge in [0.2, 0.25) is 11.8 Å². The van der Waals surface area contributed by atoms with Gasteiger partial charge >= 0.3 is 0 Å². The Hall–Kier alpha value is -1.97. The lowest BCUT2D eigenvalue weighted by atomic mass is 9.97. The molecule has 0 radical (unpaired) electrons. The van der Waals surface area contributed by atoms with Gasteiger partial charge in [0.25, 0.3) is 0 Å². The molecule has 1 aliphatic heterocycles. The van der Waals surface area contributed by atoms with E-state index in [1.165, 1.54) is 56.3 Å². The molecule has 2 rings (SSSR count). The van der Waals surface area contributed by atoms with Gasteiger partial charge < -0.3 is 0 Å². The fourth-order valence-electron chi connectivity index (χ4n) is 4.00. The molecule has 4 heteroatoms. The van der Waals surface area contributed by atoms with Gasteiger partial charge in [0.15, 0.2) is 0 Å². The van der Waals surface area contributed by atoms with Crippen LogP contribution >= 0.6 is 0 Å². The maximum Gasteiger partial charge on any atom is 0.240 e. The molecule has 2 amide bonds. The van der Waals surface area contributed by atoms with Crippen molar-refractivity contribution in [2.24, 2.45) is 5.92 Å². The zero-order valence-corrected chi connectivity index (χ0v) is 18.0. The molecule has 0 aromatic heterocycles. The molecule has 4 nitrogen and oxygen atoms in total. The van der Waals surface area contributed by atoms with Gasteiger partial charge in [0.1, 0.15) is 11.7 Å². The first-order valence-corrected chi connectivity index (χ1v) is 11.5. The third-order valence-corrected chi connectivity index (χ3v) is 5.84. The molecule has 0 spiro atoms. The highest BCUT2D eigenvalue weighted by atomic mass is 16.2. The van der Waals surface area contributed by atoms with E-state index in [0.717, 1.165) is 24.8 Å². The SMILES string of the molecule is CCCCCCCCCCCCCC(=O)C1CC(=O)N(Cc2ccccc2)C1=O. The number of Topliss-reactive ketones (excluding diaryl/α,β-unsaturated/α-hetero) is 1. The van der Waals surface area contributed by atoms with Gasteiger partial charge in [0, 0.05) is 12.8 Å². The van der Waals surface area contributed by atoms with E-state index in [0.29, 0.717) is 6.42 Å². The Balaban J connectivity index is 1.58. The largest absolute Gasteiger partial charge is 0.299 e. The summed E-state index contributed by atoms with van der Waals surface area (Å²) in [6, 6.07) is 9.45. The van der Waals surface area contributed by atoms with Crippen LogP contribution in [0, 0.1) is 5.92 Å². The lowest BCUT2D eigenvalue weighted by molar-refractivity contribution is -0.141. The number of carbonyl (C=O) groups excluding carboxylic acids is 3. The molecule has 1 fully saturated rings. The first-order chi connectivity index (χ1) is 14.1. The van der Waals surface area contributed by atoms with Crippen LogP contribution in [0.5, 0.6) is 0 Å². The topological polar surface area (TPSA) is 54.5 Å². The summed E-state index contributed by atoms with van der Waals surface area (Å²) in [6.45, 7) is 2.51. The summed E-state index contributed by atoms with van der Waals surface area (Å²) in [5.74, 6) is -1.35. The van der Waals surface area contributed by atoms with Gasteiger partial charge in [-0.3, -0.25) is 19.3 Å². The maximum atomic E-state index is 12.5. The quantitative estimate of drug-likeness (QED) is 0.212. The smallest absolute Gasteiger partial charge is 0.240 e. The summed E-state index contributed by atoms with van der Waals surface area (Å²) in [4.78, 5) is 38.5. The molecular formula is C25H37NO3. The van der Waals surface area contributed by atoms with Crippen LogP contribution in [-0.2, 0) is 20.9 Å². The van der Waals surface area contributed by atoms with E-state index in [2.05, 4.69) is 6.92 Å². The second-order valence-corrected chi connectivity index (χ2v) is 8.31. The van der Waals surface area contributed by atoms with E-state index < -0.39 is 5.92 Å². The molecule has 160 valence electrons. The number of hydrogen-bond acceptors (Lipinski definition) is 3. The molecule has 0 aliphatic carbocycles. The zero-order valence-electron chi connectivity index (χ0n) is 18.0. The minimum atomic E-state index is -0.755. The van der Waals surface area contributed by atoms with Crippen molar-refractivity contribution in [1.82, 2.24) is 4.90 Å². The minimum absolute atomic E-state index is 0.0442. The fourth-order valence-corrected chi connectivity index (χ4v) is 4.00. The van der Waals surface area contributed by atoms with Crippen molar-refractivity contribution in [3.63, 3.8) is 0 Å². The van der Waals surface area contributed by atoms with Crippen LogP contribution in [0.4, 0.5) is 0 Å². The number of rotatable bonds is 15. The van der Waals surface area contributed by atoms with Gasteiger partial charge in [-0.15, -0.1) is 0 Å². The van der Waals surface area contributed by atoms with Crippen LogP contribution in [-0.4, -0.2) is 22.5 Å². The summed E-state index contributed by atoms with van der Waals surface area (Å²) in [5, 5.41) is 0. The molecule has 1 heterocycles. The van der Waals surface area contributed by atoms with Crippen molar-refractivity contribution in [2.45, 2.75) is 96.9 Å². The van der Waals surface area contributed by atoms with E-state index in [1.54, 1.807) is 0 Å². The molecule has 29 heavy (non-hydrogen) atoms. The predicted octanol–water partition coefficient (Wildman–Crippen LogP) is 5.83. The lowest BCUT2D eigenvalue weighted by Crippen LogP contribution is -2.32. The number of imide groups is 1. The van der Waals surface area contributed by atoms with Crippen LogP contribution in [0.3, 0.4) is 0 Å². The van der Waals surface area contributed by atoms with E-state index >= 15 is 0 Å². The molecule has 1 saturated heterocycles. The molecule has 0 bridgehead atoms. The monoisotopic (exact) mass is 399 g/mol. The van der Waals surface area contributed by atoms with Crippen LogP contribution in [0.2, 0.25) is 0 Å². The highest BCUT2D eigenvalue weighted by Gasteiger charge is 2.41. The standard InChI is InChI=1S/C25H37NO3/c1-2-3-4-5-6-7-8-9-10-11-15-18-23(27)22-19-24(28)26(25(22)29)20-21-16-13-12-14-17-21/h12-14,16-17,22H,2-11,15,18-20H2,1H3. The number of nitrogens with zero attached hydrogens (tertiary/aromatic N) is 1. The second kappa shape index (κ2) is 13.3. The molecule has 0 saturated carbocycles. The number of ketones is 1. The Labute approximate surface area is 176 Å². The average Bonchev–Trinajstić information content (AvgIpc) is 3.01. The summed E-state index contributed by atoms with van der Waals surface area (Å²) >= 11 is 0. The van der Waals surface area contributed by atoms with Crippen molar-refractivity contribution in [2.75, 3.05) is 0 Å². The first kappa shape index (κ1) is 23.3. The van der Waals surface area contributed by atoms with Gasteiger partial charge in [-0.1, -0.05) is 101 Å². The van der Waals surface area contributed by atoms with E-state index in [9.17, 15) is 14.4 Å². The van der Waals surface area contributed by atoms with Gasteiger partial charge in [0.05, 0.1) is 6.54 Å². The highest BCUT2D eigenvalue weighted by molar-refractivity contribution is 6.14. The van der Waals surface area contributed by atoms with Crippen molar-refractivity contribution >= 4 is 17.6 Å². The van der Waals surface area contributed by atoms with Crippen LogP contribution in [0.25, 0.3) is 0 Å². The van der Waals surface area contributed by atoms with Crippen molar-refractivity contribution in [1.29, 1.82) is 0 Å². The van der Waals surface area contributed by atoms with E-state index in [1.807, 2.05) is 30.3 Å². The predicted molar refractivity (Wildman–Crippen MR) is 116 cm³/mol. The van der Waals surface area contributed by atoms with Crippen molar-refractivity contribution < 1.29 is 14.4 Å². The van der Waals surface area contributed by atoms with Gasteiger partial charge in [-0.05, 0) is 12.0 Å². The second-order valence-electron chi connectivity index (χ2n) is 8.31. The van der Waals surface area contributed by atoms with Gasteiger partial charge in [-0.2, -0.15) is 0 Å². The highest BCUT2D eigenvalue weighted by Crippen LogP contribution is 2.24. The molecular weight excluding hydrogens is 362 g/mol. The molecule has 1 aliphatic rings. The summed E-state index contributed by atoms with van der Waals surface area (Å²) < 4.78 is 0. The molecule has 1 aromatic rings. The number of carbonyl (C=O) groups is 3. The lowest BCUT2D eigenvalue weighted by Gasteiger charge is -2.14. The van der Waals surface area contributed by atoms with Crippen LogP contribution in [0.1, 0.15) is 96.0 Å². The first-order valence-electron chi connectivity index (χ1n) is 11.5. The normalized spacial score (nSPS) is 16.6.